The second kappa shape index (κ2) is 5.32. The Bertz CT molecular complexity index is 543. The molecule has 0 N–H and O–H groups in total. The fourth-order valence-corrected chi connectivity index (χ4v) is 2.24. The fourth-order valence-electron chi connectivity index (χ4n) is 2.24. The first-order chi connectivity index (χ1) is 9.33. The van der Waals surface area contributed by atoms with Crippen LogP contribution in [0.4, 0.5) is 5.69 Å². The molecule has 1 aliphatic carbocycles. The Morgan fingerprint density at radius 1 is 1.00 bits per heavy atom. The van der Waals surface area contributed by atoms with Crippen molar-refractivity contribution >= 4 is 5.69 Å². The normalized spacial score (nSPS) is 22.4. The molecule has 0 amide bonds. The van der Waals surface area contributed by atoms with Crippen LogP contribution < -0.4 is 4.90 Å². The number of benzene rings is 1. The Hall–Kier alpha value is -1.76. The predicted octanol–water partition coefficient (Wildman–Crippen LogP) is 5.19. The summed E-state index contributed by atoms with van der Waals surface area (Å²) < 4.78 is 0. The SMILES string of the molecule is CN(C1=CC=CC(C)(C(C)(C)C)C=C1)c1ccccc1. The summed E-state index contributed by atoms with van der Waals surface area (Å²) in [6, 6.07) is 10.5. The molecule has 1 atom stereocenters. The lowest BCUT2D eigenvalue weighted by molar-refractivity contribution is 0.228. The van der Waals surface area contributed by atoms with Crippen molar-refractivity contribution in [1.29, 1.82) is 0 Å². The molecule has 2 rings (SSSR count). The first-order valence-electron chi connectivity index (χ1n) is 7.21. The van der Waals surface area contributed by atoms with Gasteiger partial charge in [0.05, 0.1) is 0 Å². The molecule has 0 aliphatic heterocycles. The van der Waals surface area contributed by atoms with E-state index in [-0.39, 0.29) is 10.8 Å². The molecule has 20 heavy (non-hydrogen) atoms. The molecule has 106 valence electrons. The number of allylic oxidation sites excluding steroid dienone is 5. The van der Waals surface area contributed by atoms with Crippen LogP contribution in [0.15, 0.2) is 66.4 Å². The van der Waals surface area contributed by atoms with E-state index in [1.807, 2.05) is 6.07 Å². The van der Waals surface area contributed by atoms with Gasteiger partial charge in [-0.05, 0) is 29.7 Å². The molecule has 0 radical (unpaired) electrons. The Morgan fingerprint density at radius 2 is 1.65 bits per heavy atom. The maximum Gasteiger partial charge on any atom is 0.0408 e. The molecule has 1 aromatic carbocycles. The van der Waals surface area contributed by atoms with Crippen LogP contribution >= 0.6 is 0 Å². The summed E-state index contributed by atoms with van der Waals surface area (Å²) in [5, 5.41) is 0. The van der Waals surface area contributed by atoms with E-state index in [4.69, 9.17) is 0 Å². The zero-order valence-electron chi connectivity index (χ0n) is 13.2. The van der Waals surface area contributed by atoms with Gasteiger partial charge < -0.3 is 4.90 Å². The van der Waals surface area contributed by atoms with Gasteiger partial charge in [-0.3, -0.25) is 0 Å². The van der Waals surface area contributed by atoms with Gasteiger partial charge in [-0.15, -0.1) is 0 Å². The molecule has 0 heterocycles. The van der Waals surface area contributed by atoms with Crippen LogP contribution in [0.3, 0.4) is 0 Å². The smallest absolute Gasteiger partial charge is 0.0408 e. The van der Waals surface area contributed by atoms with Gasteiger partial charge in [-0.25, -0.2) is 0 Å². The summed E-state index contributed by atoms with van der Waals surface area (Å²) in [5.41, 5.74) is 2.69. The standard InChI is InChI=1S/C19H25N/c1-18(2,3)19(4)14-9-12-17(13-15-19)20(5)16-10-7-6-8-11-16/h6-15H,1-5H3. The van der Waals surface area contributed by atoms with Crippen molar-refractivity contribution in [3.8, 4) is 0 Å². The first-order valence-corrected chi connectivity index (χ1v) is 7.21. The number of nitrogens with zero attached hydrogens (tertiary/aromatic N) is 1. The summed E-state index contributed by atoms with van der Waals surface area (Å²) in [6.07, 6.45) is 11.2. The Morgan fingerprint density at radius 3 is 2.25 bits per heavy atom. The van der Waals surface area contributed by atoms with Gasteiger partial charge >= 0.3 is 0 Å². The summed E-state index contributed by atoms with van der Waals surface area (Å²) in [6.45, 7) is 9.15. The van der Waals surface area contributed by atoms with Crippen LogP contribution in [0.25, 0.3) is 0 Å². The number of likely N-dealkylation sites (N-methyl/N-ethyl adjacent to an activating group) is 1. The second-order valence-electron chi connectivity index (χ2n) is 6.71. The van der Waals surface area contributed by atoms with Gasteiger partial charge in [0.2, 0.25) is 0 Å². The van der Waals surface area contributed by atoms with Crippen molar-refractivity contribution in [2.24, 2.45) is 10.8 Å². The second-order valence-corrected chi connectivity index (χ2v) is 6.71. The highest BCUT2D eigenvalue weighted by Crippen LogP contribution is 2.42. The van der Waals surface area contributed by atoms with Gasteiger partial charge in [-0.1, -0.05) is 64.1 Å². The van der Waals surface area contributed by atoms with Gasteiger partial charge in [0.25, 0.3) is 0 Å². The van der Waals surface area contributed by atoms with Crippen molar-refractivity contribution in [2.45, 2.75) is 27.7 Å². The molecule has 0 saturated carbocycles. The topological polar surface area (TPSA) is 3.24 Å². The molecule has 0 spiro atoms. The Kier molecular flexibility index (Phi) is 3.89. The van der Waals surface area contributed by atoms with E-state index in [0.29, 0.717) is 0 Å². The molecule has 1 aromatic rings. The highest BCUT2D eigenvalue weighted by Gasteiger charge is 2.33. The molecule has 1 aliphatic rings. The van der Waals surface area contributed by atoms with E-state index < -0.39 is 0 Å². The maximum absolute atomic E-state index is 2.32. The monoisotopic (exact) mass is 267 g/mol. The summed E-state index contributed by atoms with van der Waals surface area (Å²) in [5.74, 6) is 0. The van der Waals surface area contributed by atoms with Crippen LogP contribution in [-0.4, -0.2) is 7.05 Å². The van der Waals surface area contributed by atoms with Crippen molar-refractivity contribution in [1.82, 2.24) is 0 Å². The summed E-state index contributed by atoms with van der Waals surface area (Å²) in [7, 11) is 2.11. The lowest BCUT2D eigenvalue weighted by Gasteiger charge is -2.37. The van der Waals surface area contributed by atoms with Gasteiger partial charge in [-0.2, -0.15) is 0 Å². The zero-order valence-corrected chi connectivity index (χ0v) is 13.2. The Balaban J connectivity index is 2.28. The molecular weight excluding hydrogens is 242 g/mol. The van der Waals surface area contributed by atoms with Crippen LogP contribution in [-0.2, 0) is 0 Å². The van der Waals surface area contributed by atoms with E-state index in [2.05, 4.69) is 94.3 Å². The van der Waals surface area contributed by atoms with E-state index in [1.165, 1.54) is 11.4 Å². The van der Waals surface area contributed by atoms with E-state index in [9.17, 15) is 0 Å². The maximum atomic E-state index is 2.32. The fraction of sp³-hybridized carbons (Fsp3) is 0.368. The van der Waals surface area contributed by atoms with Crippen molar-refractivity contribution in [3.63, 3.8) is 0 Å². The quantitative estimate of drug-likeness (QED) is 0.713. The zero-order chi connectivity index (χ0) is 14.8. The molecular formula is C19H25N. The number of hydrogen-bond donors (Lipinski definition) is 0. The van der Waals surface area contributed by atoms with Crippen LogP contribution in [0.5, 0.6) is 0 Å². The van der Waals surface area contributed by atoms with Crippen LogP contribution in [0, 0.1) is 10.8 Å². The molecule has 0 saturated heterocycles. The summed E-state index contributed by atoms with van der Waals surface area (Å²) in [4.78, 5) is 2.22. The van der Waals surface area contributed by atoms with Crippen molar-refractivity contribution < 1.29 is 0 Å². The van der Waals surface area contributed by atoms with Crippen molar-refractivity contribution in [2.75, 3.05) is 11.9 Å². The average molecular weight is 267 g/mol. The highest BCUT2D eigenvalue weighted by molar-refractivity contribution is 5.55. The third kappa shape index (κ3) is 2.87. The van der Waals surface area contributed by atoms with E-state index in [1.54, 1.807) is 0 Å². The van der Waals surface area contributed by atoms with E-state index >= 15 is 0 Å². The number of anilines is 1. The number of para-hydroxylation sites is 1. The minimum atomic E-state index is 0.0722. The first kappa shape index (κ1) is 14.6. The molecule has 0 fully saturated rings. The minimum Gasteiger partial charge on any atom is -0.345 e. The van der Waals surface area contributed by atoms with Gasteiger partial charge in [0, 0.05) is 23.8 Å². The molecule has 0 aromatic heterocycles. The minimum absolute atomic E-state index is 0.0722. The van der Waals surface area contributed by atoms with Crippen molar-refractivity contribution in [3.05, 3.63) is 66.4 Å². The average Bonchev–Trinajstić information content (AvgIpc) is 2.61. The van der Waals surface area contributed by atoms with E-state index in [0.717, 1.165) is 0 Å². The Labute approximate surface area is 123 Å². The molecule has 1 heteroatoms. The molecule has 0 bridgehead atoms. The lowest BCUT2D eigenvalue weighted by Crippen LogP contribution is -2.28. The number of hydrogen-bond acceptors (Lipinski definition) is 1. The molecule has 1 unspecified atom stereocenters. The van der Waals surface area contributed by atoms with Crippen LogP contribution in [0.1, 0.15) is 27.7 Å². The number of rotatable bonds is 2. The lowest BCUT2D eigenvalue weighted by atomic mass is 9.68. The highest BCUT2D eigenvalue weighted by atomic mass is 15.1. The van der Waals surface area contributed by atoms with Gasteiger partial charge in [0.15, 0.2) is 0 Å². The van der Waals surface area contributed by atoms with Gasteiger partial charge in [0.1, 0.15) is 0 Å². The predicted molar refractivity (Wildman–Crippen MR) is 88.8 cm³/mol. The third-order valence-electron chi connectivity index (χ3n) is 4.46. The largest absolute Gasteiger partial charge is 0.345 e. The summed E-state index contributed by atoms with van der Waals surface area (Å²) >= 11 is 0. The third-order valence-corrected chi connectivity index (χ3v) is 4.46. The molecule has 1 nitrogen and oxygen atoms in total. The van der Waals surface area contributed by atoms with Crippen LogP contribution in [0.2, 0.25) is 0 Å².